The van der Waals surface area contributed by atoms with E-state index in [9.17, 15) is 4.79 Å². The van der Waals surface area contributed by atoms with Crippen LogP contribution in [0.25, 0.3) is 0 Å². The lowest BCUT2D eigenvalue weighted by Gasteiger charge is -2.30. The second-order valence-electron chi connectivity index (χ2n) is 4.11. The molecule has 0 spiro atoms. The molecule has 2 heterocycles. The van der Waals surface area contributed by atoms with Crippen LogP contribution in [-0.2, 0) is 0 Å². The van der Waals surface area contributed by atoms with Gasteiger partial charge in [-0.2, -0.15) is 0 Å². The molecule has 1 aromatic rings. The molecule has 2 rings (SSSR count). The molecular formula is C10H14ClN5O2. The summed E-state index contributed by atoms with van der Waals surface area (Å²) < 4.78 is 0. The van der Waals surface area contributed by atoms with Crippen LogP contribution >= 0.6 is 11.6 Å². The zero-order valence-corrected chi connectivity index (χ0v) is 10.4. The monoisotopic (exact) mass is 271 g/mol. The van der Waals surface area contributed by atoms with Crippen LogP contribution in [0.1, 0.15) is 12.8 Å². The van der Waals surface area contributed by atoms with Crippen molar-refractivity contribution in [2.24, 2.45) is 0 Å². The maximum absolute atomic E-state index is 10.8. The number of nitrogens with zero attached hydrogens (tertiary/aromatic N) is 3. The van der Waals surface area contributed by atoms with Crippen LogP contribution in [0, 0.1) is 0 Å². The zero-order valence-electron chi connectivity index (χ0n) is 9.64. The van der Waals surface area contributed by atoms with Gasteiger partial charge in [0.1, 0.15) is 12.0 Å². The molecule has 0 saturated carbocycles. The summed E-state index contributed by atoms with van der Waals surface area (Å²) >= 11 is 5.79. The minimum atomic E-state index is -0.877. The Balaban J connectivity index is 1.96. The number of amides is 1. The summed E-state index contributed by atoms with van der Waals surface area (Å²) in [7, 11) is 0. The van der Waals surface area contributed by atoms with Crippen LogP contribution in [0.3, 0.4) is 0 Å². The third kappa shape index (κ3) is 2.73. The van der Waals surface area contributed by atoms with Crippen molar-refractivity contribution >= 4 is 29.2 Å². The highest BCUT2D eigenvalue weighted by atomic mass is 35.5. The van der Waals surface area contributed by atoms with Gasteiger partial charge in [-0.3, -0.25) is 0 Å². The third-order valence-electron chi connectivity index (χ3n) is 2.94. The van der Waals surface area contributed by atoms with Gasteiger partial charge in [0, 0.05) is 19.1 Å². The number of likely N-dealkylation sites (tertiary alicyclic amines) is 1. The molecule has 1 aromatic heterocycles. The fraction of sp³-hybridized carbons (Fsp3) is 0.500. The fourth-order valence-electron chi connectivity index (χ4n) is 1.90. The van der Waals surface area contributed by atoms with Crippen molar-refractivity contribution in [1.29, 1.82) is 0 Å². The normalized spacial score (nSPS) is 16.6. The Morgan fingerprint density at radius 1 is 1.50 bits per heavy atom. The predicted octanol–water partition coefficient (Wildman–Crippen LogP) is 1.27. The SMILES string of the molecule is Nc1c(Cl)ncnc1NC1CCN(C(=O)O)CC1. The van der Waals surface area contributed by atoms with E-state index in [1.54, 1.807) is 0 Å². The Bertz CT molecular complexity index is 448. The van der Waals surface area contributed by atoms with Gasteiger partial charge in [-0.1, -0.05) is 11.6 Å². The number of carboxylic acid groups (broad SMARTS) is 1. The van der Waals surface area contributed by atoms with Gasteiger partial charge >= 0.3 is 6.09 Å². The molecule has 98 valence electrons. The Morgan fingerprint density at radius 2 is 2.17 bits per heavy atom. The Hall–Kier alpha value is -1.76. The maximum Gasteiger partial charge on any atom is 0.407 e. The molecule has 1 saturated heterocycles. The summed E-state index contributed by atoms with van der Waals surface area (Å²) in [5.41, 5.74) is 6.07. The number of rotatable bonds is 2. The number of anilines is 2. The van der Waals surface area contributed by atoms with Gasteiger partial charge in [-0.25, -0.2) is 14.8 Å². The highest BCUT2D eigenvalue weighted by molar-refractivity contribution is 6.32. The molecule has 18 heavy (non-hydrogen) atoms. The van der Waals surface area contributed by atoms with E-state index < -0.39 is 6.09 Å². The van der Waals surface area contributed by atoms with Gasteiger partial charge in [-0.05, 0) is 12.8 Å². The Kier molecular flexibility index (Phi) is 3.71. The summed E-state index contributed by atoms with van der Waals surface area (Å²) in [4.78, 5) is 20.0. The largest absolute Gasteiger partial charge is 0.465 e. The lowest BCUT2D eigenvalue weighted by Crippen LogP contribution is -2.41. The van der Waals surface area contributed by atoms with Crippen molar-refractivity contribution in [1.82, 2.24) is 14.9 Å². The van der Waals surface area contributed by atoms with Crippen molar-refractivity contribution < 1.29 is 9.90 Å². The van der Waals surface area contributed by atoms with Gasteiger partial charge < -0.3 is 21.1 Å². The van der Waals surface area contributed by atoms with Gasteiger partial charge in [0.2, 0.25) is 0 Å². The number of nitrogens with two attached hydrogens (primary N) is 1. The van der Waals surface area contributed by atoms with E-state index in [2.05, 4.69) is 15.3 Å². The first kappa shape index (κ1) is 12.7. The second-order valence-corrected chi connectivity index (χ2v) is 4.47. The van der Waals surface area contributed by atoms with Gasteiger partial charge in [-0.15, -0.1) is 0 Å². The van der Waals surface area contributed by atoms with E-state index in [0.717, 1.165) is 0 Å². The standard InChI is InChI=1S/C10H14ClN5O2/c11-8-7(12)9(14-5-13-8)15-6-1-3-16(4-2-6)10(17)18/h5-6H,1-4,12H2,(H,17,18)(H,13,14,15). The lowest BCUT2D eigenvalue weighted by molar-refractivity contribution is 0.134. The summed E-state index contributed by atoms with van der Waals surface area (Å²) in [6, 6.07) is 0.147. The number of nitrogens with one attached hydrogen (secondary N) is 1. The maximum atomic E-state index is 10.8. The van der Waals surface area contributed by atoms with Gasteiger partial charge in [0.25, 0.3) is 0 Å². The molecular weight excluding hydrogens is 258 g/mol. The molecule has 0 aliphatic carbocycles. The molecule has 1 fully saturated rings. The van der Waals surface area contributed by atoms with E-state index in [4.69, 9.17) is 22.4 Å². The van der Waals surface area contributed by atoms with Crippen molar-refractivity contribution in [3.63, 3.8) is 0 Å². The number of aromatic nitrogens is 2. The predicted molar refractivity (Wildman–Crippen MR) is 67.7 cm³/mol. The molecule has 4 N–H and O–H groups in total. The van der Waals surface area contributed by atoms with E-state index in [1.807, 2.05) is 0 Å². The number of halogens is 1. The quantitative estimate of drug-likeness (QED) is 0.700. The Morgan fingerprint density at radius 3 is 2.78 bits per heavy atom. The van der Waals surface area contributed by atoms with Crippen LogP contribution in [0.5, 0.6) is 0 Å². The number of piperidine rings is 1. The van der Waals surface area contributed by atoms with Gasteiger partial charge in [0.05, 0.1) is 0 Å². The molecule has 0 bridgehead atoms. The number of nitrogen functional groups attached to an aromatic ring is 1. The second kappa shape index (κ2) is 5.26. The molecule has 8 heteroatoms. The summed E-state index contributed by atoms with van der Waals surface area (Å²) in [6.07, 6.45) is 1.90. The fourth-order valence-corrected chi connectivity index (χ4v) is 2.03. The van der Waals surface area contributed by atoms with Crippen molar-refractivity contribution in [3.05, 3.63) is 11.5 Å². The first-order valence-corrected chi connectivity index (χ1v) is 5.96. The van der Waals surface area contributed by atoms with Crippen LogP contribution in [0.15, 0.2) is 6.33 Å². The third-order valence-corrected chi connectivity index (χ3v) is 3.24. The highest BCUT2D eigenvalue weighted by Crippen LogP contribution is 2.24. The first-order valence-electron chi connectivity index (χ1n) is 5.58. The molecule has 0 unspecified atom stereocenters. The van der Waals surface area contributed by atoms with E-state index in [-0.39, 0.29) is 11.2 Å². The highest BCUT2D eigenvalue weighted by Gasteiger charge is 2.23. The molecule has 1 aliphatic rings. The lowest BCUT2D eigenvalue weighted by atomic mass is 10.1. The summed E-state index contributed by atoms with van der Waals surface area (Å²) in [5.74, 6) is 0.503. The molecule has 0 aromatic carbocycles. The van der Waals surface area contributed by atoms with Gasteiger partial charge in [0.15, 0.2) is 11.0 Å². The van der Waals surface area contributed by atoms with E-state index in [1.165, 1.54) is 11.2 Å². The number of carbonyl (C=O) groups is 1. The topological polar surface area (TPSA) is 104 Å². The molecule has 0 radical (unpaired) electrons. The average molecular weight is 272 g/mol. The smallest absolute Gasteiger partial charge is 0.407 e. The molecule has 1 amide bonds. The zero-order chi connectivity index (χ0) is 13.1. The van der Waals surface area contributed by atoms with Crippen molar-refractivity contribution in [2.75, 3.05) is 24.1 Å². The van der Waals surface area contributed by atoms with Crippen molar-refractivity contribution in [2.45, 2.75) is 18.9 Å². The number of hydrogen-bond acceptors (Lipinski definition) is 5. The van der Waals surface area contributed by atoms with Crippen molar-refractivity contribution in [3.8, 4) is 0 Å². The Labute approximate surface area is 109 Å². The summed E-state index contributed by atoms with van der Waals surface area (Å²) in [6.45, 7) is 1.01. The summed E-state index contributed by atoms with van der Waals surface area (Å²) in [5, 5.41) is 12.2. The molecule has 0 atom stereocenters. The minimum Gasteiger partial charge on any atom is -0.465 e. The van der Waals surface area contributed by atoms with Crippen LogP contribution in [0.4, 0.5) is 16.3 Å². The van der Waals surface area contributed by atoms with Crippen LogP contribution < -0.4 is 11.1 Å². The molecule has 7 nitrogen and oxygen atoms in total. The molecule has 1 aliphatic heterocycles. The minimum absolute atomic E-state index is 0.147. The van der Waals surface area contributed by atoms with E-state index in [0.29, 0.717) is 37.4 Å². The van der Waals surface area contributed by atoms with E-state index >= 15 is 0 Å². The number of hydrogen-bond donors (Lipinski definition) is 3. The first-order chi connectivity index (χ1) is 8.58. The van der Waals surface area contributed by atoms with Crippen LogP contribution in [-0.4, -0.2) is 45.2 Å². The van der Waals surface area contributed by atoms with Crippen LogP contribution in [0.2, 0.25) is 5.15 Å². The average Bonchev–Trinajstić information content (AvgIpc) is 2.36.